The van der Waals surface area contributed by atoms with Gasteiger partial charge in [0.1, 0.15) is 5.01 Å². The average Bonchev–Trinajstić information content (AvgIpc) is 2.79. The number of rotatable bonds is 2. The molecule has 1 unspecified atom stereocenters. The highest BCUT2D eigenvalue weighted by Crippen LogP contribution is 2.45. The molecule has 1 atom stereocenters. The van der Waals surface area contributed by atoms with E-state index in [1.54, 1.807) is 0 Å². The van der Waals surface area contributed by atoms with Crippen molar-refractivity contribution < 1.29 is 0 Å². The van der Waals surface area contributed by atoms with Crippen LogP contribution in [0.1, 0.15) is 42.4 Å². The lowest BCUT2D eigenvalue weighted by Gasteiger charge is -2.34. The van der Waals surface area contributed by atoms with Gasteiger partial charge in [-0.15, -0.1) is 11.3 Å². The summed E-state index contributed by atoms with van der Waals surface area (Å²) in [5.41, 5.74) is 4.13. The Balaban J connectivity index is 2.06. The van der Waals surface area contributed by atoms with Crippen molar-refractivity contribution in [3.8, 4) is 10.6 Å². The number of fused-ring (bicyclic) bond motifs is 1. The van der Waals surface area contributed by atoms with Crippen LogP contribution in [0.15, 0.2) is 22.7 Å². The average molecular weight is 365 g/mol. The summed E-state index contributed by atoms with van der Waals surface area (Å²) >= 11 is 5.39. The highest BCUT2D eigenvalue weighted by atomic mass is 79.9. The SMILES string of the molecule is CNC1CC(C)(C)Cc2nc(-c3ccc(Br)cc3C)sc21. The Morgan fingerprint density at radius 3 is 2.81 bits per heavy atom. The first-order valence-electron chi connectivity index (χ1n) is 7.33. The zero-order valence-electron chi connectivity index (χ0n) is 13.0. The van der Waals surface area contributed by atoms with E-state index < -0.39 is 0 Å². The van der Waals surface area contributed by atoms with Crippen molar-refractivity contribution in [2.75, 3.05) is 7.05 Å². The van der Waals surface area contributed by atoms with Crippen LogP contribution in [-0.4, -0.2) is 12.0 Å². The molecular weight excluding hydrogens is 344 g/mol. The van der Waals surface area contributed by atoms with Crippen LogP contribution in [0.3, 0.4) is 0 Å². The van der Waals surface area contributed by atoms with Crippen molar-refractivity contribution in [2.24, 2.45) is 5.41 Å². The third-order valence-electron chi connectivity index (χ3n) is 4.21. The van der Waals surface area contributed by atoms with E-state index in [-0.39, 0.29) is 0 Å². The van der Waals surface area contributed by atoms with E-state index in [4.69, 9.17) is 4.98 Å². The molecule has 0 saturated heterocycles. The standard InChI is InChI=1S/C17H21BrN2S/c1-10-7-11(18)5-6-12(10)16-20-14-9-17(2,3)8-13(19-4)15(14)21-16/h5-7,13,19H,8-9H2,1-4H3. The zero-order valence-corrected chi connectivity index (χ0v) is 15.4. The van der Waals surface area contributed by atoms with Crippen molar-refractivity contribution in [1.82, 2.24) is 10.3 Å². The van der Waals surface area contributed by atoms with Crippen LogP contribution in [0.4, 0.5) is 0 Å². The van der Waals surface area contributed by atoms with Gasteiger partial charge in [0.05, 0.1) is 5.69 Å². The quantitative estimate of drug-likeness (QED) is 0.800. The van der Waals surface area contributed by atoms with Gasteiger partial charge in [-0.25, -0.2) is 4.98 Å². The second kappa shape index (κ2) is 5.49. The molecule has 1 aromatic heterocycles. The molecule has 4 heteroatoms. The lowest BCUT2D eigenvalue weighted by molar-refractivity contribution is 0.265. The van der Waals surface area contributed by atoms with Gasteiger partial charge in [-0.05, 0) is 49.9 Å². The molecule has 1 aromatic carbocycles. The Bertz CT molecular complexity index is 675. The Morgan fingerprint density at radius 2 is 2.14 bits per heavy atom. The molecule has 0 amide bonds. The molecule has 1 aliphatic rings. The number of aryl methyl sites for hydroxylation is 1. The topological polar surface area (TPSA) is 24.9 Å². The Hall–Kier alpha value is -0.710. The first-order valence-corrected chi connectivity index (χ1v) is 8.94. The number of halogens is 1. The molecule has 0 fully saturated rings. The van der Waals surface area contributed by atoms with Crippen molar-refractivity contribution in [1.29, 1.82) is 0 Å². The molecule has 0 aliphatic heterocycles. The van der Waals surface area contributed by atoms with Crippen LogP contribution in [0.2, 0.25) is 0 Å². The van der Waals surface area contributed by atoms with E-state index in [2.05, 4.69) is 67.3 Å². The first-order chi connectivity index (χ1) is 9.89. The summed E-state index contributed by atoms with van der Waals surface area (Å²) in [6.45, 7) is 6.83. The minimum absolute atomic E-state index is 0.320. The van der Waals surface area contributed by atoms with Gasteiger partial charge >= 0.3 is 0 Å². The van der Waals surface area contributed by atoms with Crippen LogP contribution in [0.25, 0.3) is 10.6 Å². The molecule has 1 N–H and O–H groups in total. The smallest absolute Gasteiger partial charge is 0.124 e. The van der Waals surface area contributed by atoms with Crippen LogP contribution in [0, 0.1) is 12.3 Å². The van der Waals surface area contributed by atoms with Gasteiger partial charge in [0.2, 0.25) is 0 Å². The van der Waals surface area contributed by atoms with E-state index >= 15 is 0 Å². The highest BCUT2D eigenvalue weighted by molar-refractivity contribution is 9.10. The molecule has 2 nitrogen and oxygen atoms in total. The molecule has 112 valence electrons. The van der Waals surface area contributed by atoms with Gasteiger partial charge in [-0.1, -0.05) is 35.8 Å². The Kier molecular flexibility index (Phi) is 3.97. The molecule has 0 bridgehead atoms. The monoisotopic (exact) mass is 364 g/mol. The van der Waals surface area contributed by atoms with Gasteiger partial charge in [0.25, 0.3) is 0 Å². The predicted octanol–water partition coefficient (Wildman–Crippen LogP) is 5.11. The van der Waals surface area contributed by atoms with Crippen molar-refractivity contribution in [3.63, 3.8) is 0 Å². The van der Waals surface area contributed by atoms with E-state index in [0.29, 0.717) is 11.5 Å². The third-order valence-corrected chi connectivity index (χ3v) is 5.95. The molecule has 0 saturated carbocycles. The van der Waals surface area contributed by atoms with Crippen LogP contribution in [0.5, 0.6) is 0 Å². The fraction of sp³-hybridized carbons (Fsp3) is 0.471. The van der Waals surface area contributed by atoms with E-state index in [1.165, 1.54) is 28.1 Å². The molecule has 1 aliphatic carbocycles. The number of hydrogen-bond acceptors (Lipinski definition) is 3. The number of hydrogen-bond donors (Lipinski definition) is 1. The van der Waals surface area contributed by atoms with Crippen molar-refractivity contribution in [2.45, 2.75) is 39.7 Å². The normalized spacial score (nSPS) is 20.3. The Morgan fingerprint density at radius 1 is 1.38 bits per heavy atom. The lowest BCUT2D eigenvalue weighted by atomic mass is 9.76. The van der Waals surface area contributed by atoms with Gasteiger partial charge in [-0.2, -0.15) is 0 Å². The molecule has 3 rings (SSSR count). The molecular formula is C17H21BrN2S. The molecule has 0 spiro atoms. The van der Waals surface area contributed by atoms with E-state index in [9.17, 15) is 0 Å². The lowest BCUT2D eigenvalue weighted by Crippen LogP contribution is -2.30. The van der Waals surface area contributed by atoms with Gasteiger partial charge in [0.15, 0.2) is 0 Å². The number of nitrogens with zero attached hydrogens (tertiary/aromatic N) is 1. The van der Waals surface area contributed by atoms with Gasteiger partial charge in [-0.3, -0.25) is 0 Å². The van der Waals surface area contributed by atoms with Crippen LogP contribution in [-0.2, 0) is 6.42 Å². The number of nitrogens with one attached hydrogen (secondary N) is 1. The molecule has 21 heavy (non-hydrogen) atoms. The van der Waals surface area contributed by atoms with Crippen LogP contribution >= 0.6 is 27.3 Å². The van der Waals surface area contributed by atoms with Crippen molar-refractivity contribution >= 4 is 27.3 Å². The summed E-state index contributed by atoms with van der Waals surface area (Å²) in [5, 5.41) is 4.62. The minimum atomic E-state index is 0.320. The van der Waals surface area contributed by atoms with E-state index in [0.717, 1.165) is 15.9 Å². The largest absolute Gasteiger partial charge is 0.312 e. The van der Waals surface area contributed by atoms with E-state index in [1.807, 2.05) is 11.3 Å². The maximum Gasteiger partial charge on any atom is 0.124 e. The predicted molar refractivity (Wildman–Crippen MR) is 93.9 cm³/mol. The summed E-state index contributed by atoms with van der Waals surface area (Å²) in [7, 11) is 2.06. The number of benzene rings is 1. The van der Waals surface area contributed by atoms with Gasteiger partial charge in [0, 0.05) is 21.0 Å². The molecule has 2 aromatic rings. The Labute approximate surface area is 139 Å². The second-order valence-electron chi connectivity index (χ2n) is 6.68. The van der Waals surface area contributed by atoms with Gasteiger partial charge < -0.3 is 5.32 Å². The summed E-state index contributed by atoms with van der Waals surface area (Å²) in [6, 6.07) is 6.87. The van der Waals surface area contributed by atoms with Crippen LogP contribution < -0.4 is 5.32 Å². The first kappa shape index (κ1) is 15.2. The summed E-state index contributed by atoms with van der Waals surface area (Å²) < 4.78 is 1.12. The number of aromatic nitrogens is 1. The molecule has 0 radical (unpaired) electrons. The summed E-state index contributed by atoms with van der Waals surface area (Å²) in [6.07, 6.45) is 2.25. The minimum Gasteiger partial charge on any atom is -0.312 e. The maximum atomic E-state index is 4.97. The summed E-state index contributed by atoms with van der Waals surface area (Å²) in [4.78, 5) is 6.39. The second-order valence-corrected chi connectivity index (χ2v) is 8.62. The highest BCUT2D eigenvalue weighted by Gasteiger charge is 2.34. The van der Waals surface area contributed by atoms with Crippen molar-refractivity contribution in [3.05, 3.63) is 38.8 Å². The zero-order chi connectivity index (χ0) is 15.2. The number of thiazole rings is 1. The maximum absolute atomic E-state index is 4.97. The third kappa shape index (κ3) is 2.94. The fourth-order valence-electron chi connectivity index (χ4n) is 3.15. The fourth-order valence-corrected chi connectivity index (χ4v) is 4.91. The molecule has 1 heterocycles. The summed E-state index contributed by atoms with van der Waals surface area (Å²) in [5.74, 6) is 0.